The molecule has 0 unspecified atom stereocenters. The molecular formula is C12H14O3. The lowest BCUT2D eigenvalue weighted by molar-refractivity contribution is 0.184. The Balaban J connectivity index is 1.92. The van der Waals surface area contributed by atoms with Crippen molar-refractivity contribution >= 4 is 0 Å². The van der Waals surface area contributed by atoms with Gasteiger partial charge >= 0.3 is 0 Å². The van der Waals surface area contributed by atoms with E-state index in [1.54, 1.807) is 7.11 Å². The van der Waals surface area contributed by atoms with Crippen molar-refractivity contribution in [1.29, 1.82) is 0 Å². The summed E-state index contributed by atoms with van der Waals surface area (Å²) in [5, 5.41) is 0. The largest absolute Gasteiger partial charge is 0.380 e. The summed E-state index contributed by atoms with van der Waals surface area (Å²) < 4.78 is 15.8. The van der Waals surface area contributed by atoms with Gasteiger partial charge in [-0.15, -0.1) is 0 Å². The summed E-state index contributed by atoms with van der Waals surface area (Å²) in [5.74, 6) is 0. The lowest BCUT2D eigenvalue weighted by Crippen LogP contribution is -1.94. The minimum absolute atomic E-state index is 0.305. The van der Waals surface area contributed by atoms with Gasteiger partial charge in [-0.3, -0.25) is 0 Å². The first kappa shape index (κ1) is 9.33. The average molecular weight is 206 g/mol. The third-order valence-electron chi connectivity index (χ3n) is 2.76. The molecule has 2 saturated heterocycles. The number of ether oxygens (including phenoxy) is 3. The van der Waals surface area contributed by atoms with E-state index in [1.165, 1.54) is 16.7 Å². The first-order chi connectivity index (χ1) is 7.36. The van der Waals surface area contributed by atoms with E-state index in [0.717, 1.165) is 13.2 Å². The molecule has 2 heterocycles. The fourth-order valence-electron chi connectivity index (χ4n) is 1.85. The van der Waals surface area contributed by atoms with Crippen LogP contribution in [0.15, 0.2) is 18.2 Å². The predicted molar refractivity (Wildman–Crippen MR) is 54.5 cm³/mol. The predicted octanol–water partition coefficient (Wildman–Crippen LogP) is 1.98. The smallest absolute Gasteiger partial charge is 0.106 e. The van der Waals surface area contributed by atoms with E-state index in [1.807, 2.05) is 0 Å². The van der Waals surface area contributed by atoms with Crippen LogP contribution in [-0.4, -0.2) is 20.3 Å². The van der Waals surface area contributed by atoms with Crippen molar-refractivity contribution in [2.24, 2.45) is 0 Å². The van der Waals surface area contributed by atoms with Gasteiger partial charge in [-0.2, -0.15) is 0 Å². The van der Waals surface area contributed by atoms with Crippen molar-refractivity contribution in [3.63, 3.8) is 0 Å². The molecule has 3 nitrogen and oxygen atoms in total. The van der Waals surface area contributed by atoms with Crippen LogP contribution in [-0.2, 0) is 20.8 Å². The highest BCUT2D eigenvalue weighted by Crippen LogP contribution is 2.36. The third kappa shape index (κ3) is 2.04. The van der Waals surface area contributed by atoms with Crippen LogP contribution in [0.4, 0.5) is 0 Å². The topological polar surface area (TPSA) is 34.3 Å². The van der Waals surface area contributed by atoms with Gasteiger partial charge in [0.1, 0.15) is 12.2 Å². The zero-order valence-corrected chi connectivity index (χ0v) is 8.73. The molecule has 1 aromatic rings. The molecule has 2 aliphatic heterocycles. The minimum atomic E-state index is 0.305. The Kier molecular flexibility index (Phi) is 2.24. The molecule has 0 amide bonds. The monoisotopic (exact) mass is 206 g/mol. The molecule has 0 N–H and O–H groups in total. The molecule has 80 valence electrons. The Morgan fingerprint density at radius 1 is 1.13 bits per heavy atom. The van der Waals surface area contributed by atoms with Gasteiger partial charge in [-0.25, -0.2) is 0 Å². The van der Waals surface area contributed by atoms with Crippen LogP contribution >= 0.6 is 0 Å². The average Bonchev–Trinajstić information content (AvgIpc) is 3.10. The summed E-state index contributed by atoms with van der Waals surface area (Å²) in [6.45, 7) is 2.35. The molecule has 2 atom stereocenters. The van der Waals surface area contributed by atoms with Crippen LogP contribution in [0.25, 0.3) is 0 Å². The van der Waals surface area contributed by atoms with E-state index in [0.29, 0.717) is 18.8 Å². The minimum Gasteiger partial charge on any atom is -0.380 e. The van der Waals surface area contributed by atoms with Gasteiger partial charge in [-0.05, 0) is 16.7 Å². The summed E-state index contributed by atoms with van der Waals surface area (Å²) in [6.07, 6.45) is 0.610. The highest BCUT2D eigenvalue weighted by Gasteiger charge is 2.29. The fourth-order valence-corrected chi connectivity index (χ4v) is 1.85. The van der Waals surface area contributed by atoms with Crippen LogP contribution in [0.3, 0.4) is 0 Å². The molecule has 2 fully saturated rings. The van der Waals surface area contributed by atoms with Crippen molar-refractivity contribution < 1.29 is 14.2 Å². The van der Waals surface area contributed by atoms with Crippen LogP contribution in [0.2, 0.25) is 0 Å². The SMILES string of the molecule is COCc1cc([C@@H]2CO2)cc([C@H]2CO2)c1. The van der Waals surface area contributed by atoms with E-state index in [9.17, 15) is 0 Å². The zero-order chi connectivity index (χ0) is 10.3. The Bertz CT molecular complexity index is 337. The van der Waals surface area contributed by atoms with Crippen LogP contribution in [0.1, 0.15) is 28.9 Å². The summed E-state index contributed by atoms with van der Waals surface area (Å²) >= 11 is 0. The highest BCUT2D eigenvalue weighted by atomic mass is 16.6. The van der Waals surface area contributed by atoms with Crippen molar-refractivity contribution in [2.45, 2.75) is 18.8 Å². The standard InChI is InChI=1S/C12H14O3/c1-13-5-8-2-9(11-6-14-11)4-10(3-8)12-7-15-12/h2-4,11-12H,5-7H2,1H3/t11-,12+. The molecule has 0 aromatic heterocycles. The number of rotatable bonds is 4. The highest BCUT2D eigenvalue weighted by molar-refractivity contribution is 5.35. The van der Waals surface area contributed by atoms with Gasteiger partial charge in [0.15, 0.2) is 0 Å². The van der Waals surface area contributed by atoms with Crippen molar-refractivity contribution in [3.8, 4) is 0 Å². The molecule has 1 aromatic carbocycles. The zero-order valence-electron chi connectivity index (χ0n) is 8.73. The Morgan fingerprint density at radius 3 is 2.07 bits per heavy atom. The molecular weight excluding hydrogens is 192 g/mol. The molecule has 0 spiro atoms. The first-order valence-corrected chi connectivity index (χ1v) is 5.23. The fraction of sp³-hybridized carbons (Fsp3) is 0.500. The third-order valence-corrected chi connectivity index (χ3v) is 2.76. The van der Waals surface area contributed by atoms with Crippen molar-refractivity contribution in [3.05, 3.63) is 34.9 Å². The quantitative estimate of drug-likeness (QED) is 0.706. The maximum Gasteiger partial charge on any atom is 0.106 e. The molecule has 0 saturated carbocycles. The lowest BCUT2D eigenvalue weighted by Gasteiger charge is -2.06. The van der Waals surface area contributed by atoms with Gasteiger partial charge in [0.25, 0.3) is 0 Å². The lowest BCUT2D eigenvalue weighted by atomic mass is 10.0. The molecule has 0 bridgehead atoms. The van der Waals surface area contributed by atoms with Crippen LogP contribution in [0, 0.1) is 0 Å². The summed E-state index contributed by atoms with van der Waals surface area (Å²) in [4.78, 5) is 0. The van der Waals surface area contributed by atoms with Crippen molar-refractivity contribution in [1.82, 2.24) is 0 Å². The number of methoxy groups -OCH3 is 1. The second kappa shape index (κ2) is 3.59. The molecule has 0 aliphatic carbocycles. The van der Waals surface area contributed by atoms with Crippen molar-refractivity contribution in [2.75, 3.05) is 20.3 Å². The number of hydrogen-bond acceptors (Lipinski definition) is 3. The van der Waals surface area contributed by atoms with E-state index in [-0.39, 0.29) is 0 Å². The Hall–Kier alpha value is -0.900. The molecule has 3 rings (SSSR count). The van der Waals surface area contributed by atoms with E-state index in [2.05, 4.69) is 18.2 Å². The first-order valence-electron chi connectivity index (χ1n) is 5.23. The maximum atomic E-state index is 5.30. The molecule has 0 radical (unpaired) electrons. The summed E-state index contributed by atoms with van der Waals surface area (Å²) in [7, 11) is 1.72. The van der Waals surface area contributed by atoms with Gasteiger partial charge in [-0.1, -0.05) is 18.2 Å². The number of epoxide rings is 2. The summed E-state index contributed by atoms with van der Waals surface area (Å²) in [6, 6.07) is 6.51. The van der Waals surface area contributed by atoms with Crippen LogP contribution < -0.4 is 0 Å². The van der Waals surface area contributed by atoms with E-state index >= 15 is 0 Å². The Labute approximate surface area is 89.0 Å². The maximum absolute atomic E-state index is 5.30. The Morgan fingerprint density at radius 2 is 1.67 bits per heavy atom. The second-order valence-corrected chi connectivity index (χ2v) is 4.08. The van der Waals surface area contributed by atoms with Gasteiger partial charge in [0, 0.05) is 7.11 Å². The summed E-state index contributed by atoms with van der Waals surface area (Å²) in [5.41, 5.74) is 3.72. The second-order valence-electron chi connectivity index (χ2n) is 4.08. The molecule has 15 heavy (non-hydrogen) atoms. The van der Waals surface area contributed by atoms with E-state index < -0.39 is 0 Å². The normalized spacial score (nSPS) is 27.8. The van der Waals surface area contributed by atoms with Gasteiger partial charge in [0.05, 0.1) is 19.8 Å². The number of hydrogen-bond donors (Lipinski definition) is 0. The molecule has 2 aliphatic rings. The molecule has 3 heteroatoms. The van der Waals surface area contributed by atoms with Gasteiger partial charge in [0.2, 0.25) is 0 Å². The number of benzene rings is 1. The van der Waals surface area contributed by atoms with Gasteiger partial charge < -0.3 is 14.2 Å². The van der Waals surface area contributed by atoms with E-state index in [4.69, 9.17) is 14.2 Å². The van der Waals surface area contributed by atoms with Crippen LogP contribution in [0.5, 0.6) is 0 Å².